The maximum atomic E-state index is 5.57. The van der Waals surface area contributed by atoms with E-state index >= 15 is 0 Å². The van der Waals surface area contributed by atoms with Crippen molar-refractivity contribution in [3.63, 3.8) is 0 Å². The smallest absolute Gasteiger partial charge is 0.108 e. The summed E-state index contributed by atoms with van der Waals surface area (Å²) in [6.45, 7) is 25.9. The minimum atomic E-state index is 0. The van der Waals surface area contributed by atoms with E-state index in [0.717, 1.165) is 38.4 Å². The Bertz CT molecular complexity index is 714. The van der Waals surface area contributed by atoms with Crippen LogP contribution in [0.1, 0.15) is 74.3 Å². The van der Waals surface area contributed by atoms with Crippen molar-refractivity contribution in [1.29, 1.82) is 0 Å². The maximum Gasteiger partial charge on any atom is 0.108 e. The summed E-state index contributed by atoms with van der Waals surface area (Å²) in [5.41, 5.74) is 0.792. The molecule has 0 aliphatic carbocycles. The lowest BCUT2D eigenvalue weighted by Gasteiger charge is -2.09. The molecule has 14 nitrogen and oxygen atoms in total. The van der Waals surface area contributed by atoms with Crippen molar-refractivity contribution in [1.82, 2.24) is 20.3 Å². The average molecular weight is 713 g/mol. The Kier molecular flexibility index (Phi) is 47.5. The van der Waals surface area contributed by atoms with Crippen molar-refractivity contribution in [3.8, 4) is 0 Å². The molecule has 0 fully saturated rings. The van der Waals surface area contributed by atoms with E-state index in [-0.39, 0.29) is 1.43 Å². The Morgan fingerprint density at radius 1 is 0.490 bits per heavy atom. The molecule has 1 aromatic rings. The van der Waals surface area contributed by atoms with Gasteiger partial charge in [-0.2, -0.15) is 0 Å². The predicted octanol–water partition coefficient (Wildman–Crippen LogP) is 4.43. The number of hydrogen-bond acceptors (Lipinski definition) is 13. The molecule has 296 valence electrons. The molecule has 0 aliphatic heterocycles. The summed E-state index contributed by atoms with van der Waals surface area (Å²) in [4.78, 5) is 0. The van der Waals surface area contributed by atoms with Gasteiger partial charge in [0.1, 0.15) is 5.69 Å². The molecular formula is C35H76N4O10. The van der Waals surface area contributed by atoms with Gasteiger partial charge in [-0.05, 0) is 19.4 Å². The molecule has 49 heavy (non-hydrogen) atoms. The third kappa shape index (κ3) is 41.0. The Labute approximate surface area is 299 Å². The van der Waals surface area contributed by atoms with Gasteiger partial charge < -0.3 is 52.7 Å². The zero-order valence-corrected chi connectivity index (χ0v) is 32.1. The molecule has 1 rings (SSSR count). The normalized spacial score (nSPS) is 10.9. The van der Waals surface area contributed by atoms with Crippen LogP contribution in [0.15, 0.2) is 6.20 Å². The van der Waals surface area contributed by atoms with Gasteiger partial charge in [0.25, 0.3) is 0 Å². The van der Waals surface area contributed by atoms with Crippen LogP contribution < -0.4 is 5.32 Å². The van der Waals surface area contributed by atoms with Gasteiger partial charge in [-0.1, -0.05) is 59.6 Å². The van der Waals surface area contributed by atoms with Crippen LogP contribution in [-0.2, 0) is 60.5 Å². The van der Waals surface area contributed by atoms with Crippen LogP contribution in [0.25, 0.3) is 0 Å². The molecule has 0 radical (unpaired) electrons. The van der Waals surface area contributed by atoms with Gasteiger partial charge in [0.2, 0.25) is 0 Å². The second kappa shape index (κ2) is 46.7. The molecular weight excluding hydrogens is 636 g/mol. The van der Waals surface area contributed by atoms with E-state index in [0.29, 0.717) is 125 Å². The minimum Gasteiger partial charge on any atom is -0.380 e. The topological polar surface area (TPSA) is 135 Å². The Morgan fingerprint density at radius 3 is 1.33 bits per heavy atom. The molecule has 14 heteroatoms. The molecule has 0 saturated carbocycles. The summed E-state index contributed by atoms with van der Waals surface area (Å²) in [5, 5.41) is 11.5. The van der Waals surface area contributed by atoms with Gasteiger partial charge in [0.15, 0.2) is 0 Å². The Morgan fingerprint density at radius 2 is 0.898 bits per heavy atom. The van der Waals surface area contributed by atoms with Crippen LogP contribution in [-0.4, -0.2) is 154 Å². The first-order valence-electron chi connectivity index (χ1n) is 18.7. The summed E-state index contributed by atoms with van der Waals surface area (Å²) in [5.74, 6) is 0. The van der Waals surface area contributed by atoms with Crippen molar-refractivity contribution >= 4 is 0 Å². The first-order valence-corrected chi connectivity index (χ1v) is 18.7. The largest absolute Gasteiger partial charge is 0.380 e. The molecule has 0 aliphatic rings. The number of rotatable bonds is 38. The van der Waals surface area contributed by atoms with Crippen molar-refractivity contribution < 1.29 is 48.8 Å². The van der Waals surface area contributed by atoms with Crippen molar-refractivity contribution in [3.05, 3.63) is 11.9 Å². The van der Waals surface area contributed by atoms with Crippen molar-refractivity contribution in [2.24, 2.45) is 0 Å². The number of aromatic nitrogens is 3. The van der Waals surface area contributed by atoms with Gasteiger partial charge in [-0.25, -0.2) is 4.68 Å². The molecule has 0 aromatic carbocycles. The van der Waals surface area contributed by atoms with Crippen LogP contribution in [0.2, 0.25) is 0 Å². The third-order valence-electron chi connectivity index (χ3n) is 6.01. The number of unbranched alkanes of at least 4 members (excludes halogenated alkanes) is 2. The lowest BCUT2D eigenvalue weighted by molar-refractivity contribution is -0.0253. The third-order valence-corrected chi connectivity index (χ3v) is 6.01. The first kappa shape index (κ1) is 49.8. The standard InChI is InChI=1S/C31H62N4O10.2C2H6.H2/c1-3-5-6-7-32-8-11-37-13-14-38-15-16-39-17-18-40-19-20-41-21-22-42-23-24-43-25-26-44-27-28-45-30-31-29-35(34-33-31)9-12-36-10-4-2;2*1-2;/h29,32H,3-28,30H2,1-2H3;2*1-2H3;1H. The van der Waals surface area contributed by atoms with Gasteiger partial charge in [-0.15, -0.1) is 5.10 Å². The molecule has 0 amide bonds. The predicted molar refractivity (Wildman–Crippen MR) is 195 cm³/mol. The second-order valence-corrected chi connectivity index (χ2v) is 9.99. The Hall–Kier alpha value is -1.30. The van der Waals surface area contributed by atoms with Crippen LogP contribution in [0.3, 0.4) is 0 Å². The van der Waals surface area contributed by atoms with Gasteiger partial charge in [0.05, 0.1) is 138 Å². The minimum absolute atomic E-state index is 0. The van der Waals surface area contributed by atoms with E-state index < -0.39 is 0 Å². The summed E-state index contributed by atoms with van der Waals surface area (Å²) in [7, 11) is 0. The molecule has 1 N–H and O–H groups in total. The summed E-state index contributed by atoms with van der Waals surface area (Å²) < 4.78 is 56.8. The van der Waals surface area contributed by atoms with Crippen LogP contribution in [0.4, 0.5) is 0 Å². The highest BCUT2D eigenvalue weighted by atomic mass is 16.6. The van der Waals surface area contributed by atoms with E-state index in [9.17, 15) is 0 Å². The fourth-order valence-electron chi connectivity index (χ4n) is 3.62. The fraction of sp³-hybridized carbons (Fsp3) is 0.943. The summed E-state index contributed by atoms with van der Waals surface area (Å²) in [6, 6.07) is 0. The summed E-state index contributed by atoms with van der Waals surface area (Å²) >= 11 is 0. The molecule has 0 atom stereocenters. The lowest BCUT2D eigenvalue weighted by Crippen LogP contribution is -2.21. The van der Waals surface area contributed by atoms with E-state index in [1.807, 2.05) is 33.9 Å². The number of hydrogen-bond donors (Lipinski definition) is 1. The zero-order chi connectivity index (χ0) is 36.1. The fourth-order valence-corrected chi connectivity index (χ4v) is 3.62. The van der Waals surface area contributed by atoms with Crippen LogP contribution >= 0.6 is 0 Å². The second-order valence-electron chi connectivity index (χ2n) is 9.99. The zero-order valence-electron chi connectivity index (χ0n) is 32.1. The van der Waals surface area contributed by atoms with Crippen molar-refractivity contribution in [2.45, 2.75) is 80.4 Å². The molecule has 0 unspecified atom stereocenters. The quantitative estimate of drug-likeness (QED) is 0.0970. The average Bonchev–Trinajstić information content (AvgIpc) is 3.59. The van der Waals surface area contributed by atoms with E-state index in [1.54, 1.807) is 4.68 Å². The highest BCUT2D eigenvalue weighted by Crippen LogP contribution is 1.97. The maximum absolute atomic E-state index is 5.57. The highest BCUT2D eigenvalue weighted by molar-refractivity contribution is 4.89. The van der Waals surface area contributed by atoms with E-state index in [1.165, 1.54) is 19.3 Å². The van der Waals surface area contributed by atoms with E-state index in [4.69, 9.17) is 47.4 Å². The SMILES string of the molecule is CC.CC.CCCCCNCCOCCOCCOCCOCCOCCOCCOCCOCCOCc1cn(CCOCCC)nn1.[HH]. The van der Waals surface area contributed by atoms with Crippen LogP contribution in [0.5, 0.6) is 0 Å². The monoisotopic (exact) mass is 713 g/mol. The number of nitrogens with zero attached hydrogens (tertiary/aromatic N) is 3. The van der Waals surface area contributed by atoms with Gasteiger partial charge >= 0.3 is 0 Å². The molecule has 0 saturated heterocycles. The number of nitrogens with one attached hydrogen (secondary N) is 1. The van der Waals surface area contributed by atoms with Crippen molar-refractivity contribution in [2.75, 3.05) is 139 Å². The van der Waals surface area contributed by atoms with Gasteiger partial charge in [-0.3, -0.25) is 0 Å². The molecule has 1 heterocycles. The number of ether oxygens (including phenoxy) is 10. The van der Waals surface area contributed by atoms with E-state index in [2.05, 4.69) is 29.5 Å². The highest BCUT2D eigenvalue weighted by Gasteiger charge is 2.01. The Balaban J connectivity index is -0.00000425. The molecule has 1 aromatic heterocycles. The molecule has 0 bridgehead atoms. The van der Waals surface area contributed by atoms with Gasteiger partial charge in [0, 0.05) is 14.6 Å². The lowest BCUT2D eigenvalue weighted by atomic mass is 10.2. The first-order chi connectivity index (χ1) is 24.4. The molecule has 0 spiro atoms. The van der Waals surface area contributed by atoms with Crippen LogP contribution in [0, 0.1) is 0 Å². The summed E-state index contributed by atoms with van der Waals surface area (Å²) in [6.07, 6.45) is 6.64.